The number of quaternary nitrogens is 1. The first-order chi connectivity index (χ1) is 9.29. The van der Waals surface area contributed by atoms with Crippen molar-refractivity contribution in [1.29, 1.82) is 0 Å². The van der Waals surface area contributed by atoms with Gasteiger partial charge in [0.2, 0.25) is 6.17 Å². The predicted molar refractivity (Wildman–Crippen MR) is 84.0 cm³/mol. The molecule has 19 heavy (non-hydrogen) atoms. The summed E-state index contributed by atoms with van der Waals surface area (Å²) >= 11 is 2.63. The molecule has 0 aromatic heterocycles. The Hall–Kier alpha value is -0.850. The highest BCUT2D eigenvalue weighted by Gasteiger charge is 2.64. The third-order valence-corrected chi connectivity index (χ3v) is 6.12. The molecule has 4 heteroatoms. The lowest BCUT2D eigenvalue weighted by molar-refractivity contribution is 0.263. The zero-order valence-electron chi connectivity index (χ0n) is 10.5. The fraction of sp³-hybridized carbons (Fsp3) is 0.333. The van der Waals surface area contributed by atoms with Crippen LogP contribution < -0.4 is 8.01 Å². The molecule has 96 valence electrons. The number of rotatable bonds is 0. The Morgan fingerprint density at radius 3 is 3.16 bits per heavy atom. The average Bonchev–Trinajstić information content (AvgIpc) is 3.15. The van der Waals surface area contributed by atoms with Gasteiger partial charge in [-0.25, -0.2) is 0 Å². The standard InChI is InChI=1S/C15H15IN3/c16-19-9-10-5-3-4-8-18(10)15(19)14-13(17-14)11-6-1-2-7-12(11)19/h1-2,4,6-9,13-15,17H,3,5H2/q+1. The maximum atomic E-state index is 3.69. The number of allylic oxidation sites excluding steroid dienone is 2. The summed E-state index contributed by atoms with van der Waals surface area (Å²) in [5, 5.41) is 3.69. The van der Waals surface area contributed by atoms with Crippen molar-refractivity contribution in [2.24, 2.45) is 0 Å². The molecular formula is C15H15IN3+. The molecule has 5 rings (SSSR count). The topological polar surface area (TPSA) is 25.2 Å². The normalized spacial score (nSPS) is 41.0. The number of halogens is 1. The largest absolute Gasteiger partial charge is 0.297 e. The van der Waals surface area contributed by atoms with Crippen molar-refractivity contribution in [3.63, 3.8) is 0 Å². The molecule has 0 bridgehead atoms. The first kappa shape index (κ1) is 10.9. The molecule has 4 aliphatic heterocycles. The van der Waals surface area contributed by atoms with Crippen LogP contribution in [0.15, 0.2) is 48.4 Å². The van der Waals surface area contributed by atoms with Gasteiger partial charge in [0.05, 0.1) is 11.7 Å². The highest BCUT2D eigenvalue weighted by Crippen LogP contribution is 2.56. The van der Waals surface area contributed by atoms with Gasteiger partial charge in [0, 0.05) is 17.8 Å². The zero-order chi connectivity index (χ0) is 12.6. The minimum absolute atomic E-state index is 0.493. The van der Waals surface area contributed by atoms with Crippen LogP contribution >= 0.6 is 22.9 Å². The molecule has 4 atom stereocenters. The third-order valence-electron chi connectivity index (χ3n) is 4.76. The summed E-state index contributed by atoms with van der Waals surface area (Å²) in [6.45, 7) is 0. The summed E-state index contributed by atoms with van der Waals surface area (Å²) in [5.74, 6) is 0. The summed E-state index contributed by atoms with van der Waals surface area (Å²) in [7, 11) is 0. The van der Waals surface area contributed by atoms with Gasteiger partial charge >= 0.3 is 0 Å². The fourth-order valence-corrected chi connectivity index (χ4v) is 5.26. The van der Waals surface area contributed by atoms with Gasteiger partial charge in [-0.15, -0.1) is 0 Å². The van der Waals surface area contributed by atoms with E-state index in [-0.39, 0.29) is 0 Å². The van der Waals surface area contributed by atoms with E-state index in [4.69, 9.17) is 0 Å². The molecule has 0 saturated carbocycles. The van der Waals surface area contributed by atoms with Crippen molar-refractivity contribution in [2.45, 2.75) is 31.1 Å². The van der Waals surface area contributed by atoms with Crippen molar-refractivity contribution in [1.82, 2.24) is 12.9 Å². The Balaban J connectivity index is 1.75. The molecule has 4 aliphatic rings. The van der Waals surface area contributed by atoms with Gasteiger partial charge in [0.1, 0.15) is 12.2 Å². The van der Waals surface area contributed by atoms with E-state index < -0.39 is 0 Å². The van der Waals surface area contributed by atoms with E-state index in [2.05, 4.69) is 75.8 Å². The van der Waals surface area contributed by atoms with Gasteiger partial charge in [-0.3, -0.25) is 10.2 Å². The molecule has 3 nitrogen and oxygen atoms in total. The van der Waals surface area contributed by atoms with Crippen LogP contribution in [-0.4, -0.2) is 17.1 Å². The predicted octanol–water partition coefficient (Wildman–Crippen LogP) is 3.16. The molecule has 4 heterocycles. The van der Waals surface area contributed by atoms with Crippen LogP contribution in [-0.2, 0) is 0 Å². The summed E-state index contributed by atoms with van der Waals surface area (Å²) in [4.78, 5) is 2.50. The van der Waals surface area contributed by atoms with Crippen LogP contribution in [0.1, 0.15) is 24.4 Å². The second kappa shape index (κ2) is 3.42. The molecule has 1 N–H and O–H groups in total. The molecular weight excluding hydrogens is 349 g/mol. The molecule has 4 unspecified atom stereocenters. The van der Waals surface area contributed by atoms with Crippen molar-refractivity contribution in [2.75, 3.05) is 0 Å². The molecule has 1 fully saturated rings. The van der Waals surface area contributed by atoms with Crippen molar-refractivity contribution < 1.29 is 0 Å². The number of nitrogens with one attached hydrogen (secondary N) is 1. The summed E-state index contributed by atoms with van der Waals surface area (Å²) in [6.07, 6.45) is 9.91. The van der Waals surface area contributed by atoms with Crippen LogP contribution in [0.2, 0.25) is 0 Å². The number of benzene rings is 1. The molecule has 0 amide bonds. The minimum atomic E-state index is 0.493. The SMILES string of the molecule is I[N+]12C=C3CCC=CN3C1C1NC1c1ccccc12. The number of hydrogen-bond acceptors (Lipinski definition) is 2. The maximum absolute atomic E-state index is 3.69. The Labute approximate surface area is 126 Å². The fourth-order valence-electron chi connectivity index (χ4n) is 3.88. The van der Waals surface area contributed by atoms with E-state index in [0.717, 1.165) is 2.70 Å². The molecule has 0 radical (unpaired) electrons. The zero-order valence-corrected chi connectivity index (χ0v) is 12.6. The second-order valence-electron chi connectivity index (χ2n) is 5.78. The van der Waals surface area contributed by atoms with Gasteiger partial charge in [-0.05, 0) is 12.8 Å². The third kappa shape index (κ3) is 1.25. The monoisotopic (exact) mass is 364 g/mol. The van der Waals surface area contributed by atoms with E-state index in [1.165, 1.54) is 29.8 Å². The van der Waals surface area contributed by atoms with Gasteiger partial charge in [0.25, 0.3) is 22.9 Å². The van der Waals surface area contributed by atoms with E-state index in [9.17, 15) is 0 Å². The Kier molecular flexibility index (Phi) is 1.96. The average molecular weight is 364 g/mol. The van der Waals surface area contributed by atoms with Crippen LogP contribution in [0.4, 0.5) is 5.69 Å². The number of nitrogens with zero attached hydrogens (tertiary/aromatic N) is 2. The molecule has 1 aromatic carbocycles. The quantitative estimate of drug-likeness (QED) is 0.435. The van der Waals surface area contributed by atoms with Crippen LogP contribution in [0.25, 0.3) is 0 Å². The summed E-state index contributed by atoms with van der Waals surface area (Å²) < 4.78 is 0.905. The van der Waals surface area contributed by atoms with Gasteiger partial charge in [-0.1, -0.05) is 24.3 Å². The Morgan fingerprint density at radius 2 is 2.21 bits per heavy atom. The summed E-state index contributed by atoms with van der Waals surface area (Å²) in [5.41, 5.74) is 4.43. The van der Waals surface area contributed by atoms with Gasteiger partial charge in [-0.2, -0.15) is 2.70 Å². The number of hydrogen-bond donors (Lipinski definition) is 1. The molecule has 1 saturated heterocycles. The summed E-state index contributed by atoms with van der Waals surface area (Å²) in [6, 6.07) is 10.1. The minimum Gasteiger partial charge on any atom is -0.297 e. The maximum Gasteiger partial charge on any atom is 0.262 e. The van der Waals surface area contributed by atoms with E-state index in [1.54, 1.807) is 0 Å². The Bertz CT molecular complexity index is 638. The first-order valence-electron chi connectivity index (χ1n) is 6.89. The van der Waals surface area contributed by atoms with Crippen molar-refractivity contribution in [3.05, 3.63) is 54.0 Å². The van der Waals surface area contributed by atoms with Crippen molar-refractivity contribution in [3.8, 4) is 0 Å². The number of para-hydroxylation sites is 1. The van der Waals surface area contributed by atoms with Crippen LogP contribution in [0.3, 0.4) is 0 Å². The lowest BCUT2D eigenvalue weighted by atomic mass is 10.00. The Morgan fingerprint density at radius 1 is 1.32 bits per heavy atom. The van der Waals surface area contributed by atoms with Crippen LogP contribution in [0.5, 0.6) is 0 Å². The van der Waals surface area contributed by atoms with E-state index in [1.807, 2.05) is 0 Å². The van der Waals surface area contributed by atoms with E-state index >= 15 is 0 Å². The second-order valence-corrected chi connectivity index (χ2v) is 7.38. The molecule has 1 aromatic rings. The molecule has 0 aliphatic carbocycles. The number of fused-ring (bicyclic) bond motifs is 8. The highest BCUT2D eigenvalue weighted by atomic mass is 127. The smallest absolute Gasteiger partial charge is 0.262 e. The van der Waals surface area contributed by atoms with Crippen LogP contribution in [0, 0.1) is 0 Å². The lowest BCUT2D eigenvalue weighted by Crippen LogP contribution is -2.52. The lowest BCUT2D eigenvalue weighted by Gasteiger charge is -2.37. The van der Waals surface area contributed by atoms with E-state index in [0.29, 0.717) is 18.2 Å². The van der Waals surface area contributed by atoms with Gasteiger partial charge < -0.3 is 0 Å². The van der Waals surface area contributed by atoms with Crippen molar-refractivity contribution >= 4 is 28.6 Å². The van der Waals surface area contributed by atoms with Gasteiger partial charge in [0.15, 0.2) is 5.69 Å². The highest BCUT2D eigenvalue weighted by molar-refractivity contribution is 14.1. The molecule has 0 spiro atoms. The first-order valence-corrected chi connectivity index (χ1v) is 7.86.